The maximum Gasteiger partial charge on any atom is 0.223 e. The van der Waals surface area contributed by atoms with E-state index in [0.717, 1.165) is 31.8 Å². The van der Waals surface area contributed by atoms with E-state index >= 15 is 0 Å². The quantitative estimate of drug-likeness (QED) is 0.864. The standard InChI is InChI=1S/C17H29N5O2/c1-13(2)22-12-18-20-17(22)14(3)19-15(23)8-9-16(24)21-10-6-4-5-7-11-21/h12-14H,4-11H2,1-3H3,(H,19,23)/t14-/m0/s1. The third-order valence-corrected chi connectivity index (χ3v) is 4.45. The van der Waals surface area contributed by atoms with Gasteiger partial charge in [-0.2, -0.15) is 0 Å². The van der Waals surface area contributed by atoms with Crippen molar-refractivity contribution in [3.8, 4) is 0 Å². The summed E-state index contributed by atoms with van der Waals surface area (Å²) in [5.41, 5.74) is 0. The average Bonchev–Trinajstić information content (AvgIpc) is 2.89. The van der Waals surface area contributed by atoms with Gasteiger partial charge in [0.2, 0.25) is 11.8 Å². The molecule has 0 saturated carbocycles. The molecule has 134 valence electrons. The second kappa shape index (κ2) is 8.80. The van der Waals surface area contributed by atoms with Gasteiger partial charge in [-0.05, 0) is 33.6 Å². The molecule has 1 N–H and O–H groups in total. The number of carbonyl (C=O) groups is 2. The van der Waals surface area contributed by atoms with Gasteiger partial charge in [-0.15, -0.1) is 10.2 Å². The molecule has 1 aliphatic heterocycles. The highest BCUT2D eigenvalue weighted by atomic mass is 16.2. The van der Waals surface area contributed by atoms with E-state index in [1.807, 2.05) is 30.2 Å². The lowest BCUT2D eigenvalue weighted by Crippen LogP contribution is -2.34. The molecule has 1 aliphatic rings. The molecule has 24 heavy (non-hydrogen) atoms. The summed E-state index contributed by atoms with van der Waals surface area (Å²) in [5.74, 6) is 0.700. The number of aromatic nitrogens is 3. The Morgan fingerprint density at radius 3 is 2.42 bits per heavy atom. The summed E-state index contributed by atoms with van der Waals surface area (Å²) in [5, 5.41) is 10.9. The van der Waals surface area contributed by atoms with Crippen LogP contribution in [0.2, 0.25) is 0 Å². The first kappa shape index (κ1) is 18.4. The summed E-state index contributed by atoms with van der Waals surface area (Å²) in [6, 6.07) is 0.00894. The largest absolute Gasteiger partial charge is 0.346 e. The van der Waals surface area contributed by atoms with Crippen molar-refractivity contribution >= 4 is 11.8 Å². The van der Waals surface area contributed by atoms with Gasteiger partial charge in [-0.1, -0.05) is 12.8 Å². The normalized spacial score (nSPS) is 16.8. The number of rotatable bonds is 6. The molecule has 0 spiro atoms. The number of amides is 2. The van der Waals surface area contributed by atoms with Crippen LogP contribution < -0.4 is 5.32 Å². The van der Waals surface area contributed by atoms with Gasteiger partial charge < -0.3 is 14.8 Å². The van der Waals surface area contributed by atoms with Crippen LogP contribution in [0.3, 0.4) is 0 Å². The summed E-state index contributed by atoms with van der Waals surface area (Å²) in [6.07, 6.45) is 6.69. The Bertz CT molecular complexity index is 547. The Labute approximate surface area is 143 Å². The number of carbonyl (C=O) groups excluding carboxylic acids is 2. The van der Waals surface area contributed by atoms with Crippen LogP contribution in [-0.2, 0) is 9.59 Å². The van der Waals surface area contributed by atoms with Crippen LogP contribution in [0.4, 0.5) is 0 Å². The van der Waals surface area contributed by atoms with E-state index in [1.165, 1.54) is 12.8 Å². The van der Waals surface area contributed by atoms with Crippen LogP contribution >= 0.6 is 0 Å². The van der Waals surface area contributed by atoms with Crippen molar-refractivity contribution in [3.05, 3.63) is 12.2 Å². The molecule has 1 saturated heterocycles. The summed E-state index contributed by atoms with van der Waals surface area (Å²) in [4.78, 5) is 26.3. The number of nitrogens with one attached hydrogen (secondary N) is 1. The zero-order chi connectivity index (χ0) is 17.5. The van der Waals surface area contributed by atoms with Gasteiger partial charge in [0.05, 0.1) is 6.04 Å². The average molecular weight is 335 g/mol. The summed E-state index contributed by atoms with van der Waals surface area (Å²) < 4.78 is 1.94. The lowest BCUT2D eigenvalue weighted by Gasteiger charge is -2.20. The van der Waals surface area contributed by atoms with Gasteiger partial charge in [-0.25, -0.2) is 0 Å². The predicted octanol–water partition coefficient (Wildman–Crippen LogP) is 2.22. The van der Waals surface area contributed by atoms with Gasteiger partial charge in [0.25, 0.3) is 0 Å². The lowest BCUT2D eigenvalue weighted by molar-refractivity contribution is -0.133. The summed E-state index contributed by atoms with van der Waals surface area (Å²) >= 11 is 0. The van der Waals surface area contributed by atoms with Gasteiger partial charge in [0.15, 0.2) is 5.82 Å². The van der Waals surface area contributed by atoms with E-state index in [4.69, 9.17) is 0 Å². The van der Waals surface area contributed by atoms with Gasteiger partial charge in [-0.3, -0.25) is 9.59 Å². The number of hydrogen-bond acceptors (Lipinski definition) is 4. The lowest BCUT2D eigenvalue weighted by atomic mass is 10.2. The zero-order valence-electron chi connectivity index (χ0n) is 15.0. The molecule has 7 heteroatoms. The van der Waals surface area contributed by atoms with Crippen LogP contribution in [0.1, 0.15) is 77.2 Å². The van der Waals surface area contributed by atoms with Crippen molar-refractivity contribution < 1.29 is 9.59 Å². The highest BCUT2D eigenvalue weighted by Gasteiger charge is 2.19. The maximum atomic E-state index is 12.2. The maximum absolute atomic E-state index is 12.2. The Balaban J connectivity index is 1.80. The summed E-state index contributed by atoms with van der Waals surface area (Å²) in [7, 11) is 0. The fraction of sp³-hybridized carbons (Fsp3) is 0.765. The second-order valence-electron chi connectivity index (χ2n) is 6.77. The SMILES string of the molecule is CC(C)n1cnnc1[C@H](C)NC(=O)CCC(=O)N1CCCCCC1. The van der Waals surface area contributed by atoms with E-state index in [0.29, 0.717) is 0 Å². The molecule has 2 amide bonds. The molecule has 1 fully saturated rings. The Kier molecular flexibility index (Phi) is 6.75. The van der Waals surface area contributed by atoms with Crippen molar-refractivity contribution in [1.29, 1.82) is 0 Å². The first-order valence-electron chi connectivity index (χ1n) is 8.95. The van der Waals surface area contributed by atoms with Gasteiger partial charge in [0, 0.05) is 32.0 Å². The molecule has 0 bridgehead atoms. The molecule has 1 atom stereocenters. The van der Waals surface area contributed by atoms with E-state index in [9.17, 15) is 9.59 Å². The van der Waals surface area contributed by atoms with Gasteiger partial charge in [0.1, 0.15) is 6.33 Å². The minimum absolute atomic E-state index is 0.0880. The minimum Gasteiger partial charge on any atom is -0.346 e. The zero-order valence-corrected chi connectivity index (χ0v) is 15.0. The third-order valence-electron chi connectivity index (χ3n) is 4.45. The highest BCUT2D eigenvalue weighted by molar-refractivity contribution is 5.83. The van der Waals surface area contributed by atoms with Crippen LogP contribution in [0.15, 0.2) is 6.33 Å². The molecule has 0 radical (unpaired) electrons. The monoisotopic (exact) mass is 335 g/mol. The Morgan fingerprint density at radius 2 is 1.79 bits per heavy atom. The molecule has 0 unspecified atom stereocenters. The van der Waals surface area contributed by atoms with Crippen molar-refractivity contribution in [3.63, 3.8) is 0 Å². The van der Waals surface area contributed by atoms with Crippen molar-refractivity contribution in [2.24, 2.45) is 0 Å². The molecule has 1 aromatic heterocycles. The number of hydrogen-bond donors (Lipinski definition) is 1. The fourth-order valence-electron chi connectivity index (χ4n) is 3.04. The van der Waals surface area contributed by atoms with E-state index < -0.39 is 0 Å². The van der Waals surface area contributed by atoms with E-state index in [2.05, 4.69) is 15.5 Å². The molecule has 1 aromatic rings. The summed E-state index contributed by atoms with van der Waals surface area (Å²) in [6.45, 7) is 7.63. The molecular weight excluding hydrogens is 306 g/mol. The topological polar surface area (TPSA) is 80.1 Å². The highest BCUT2D eigenvalue weighted by Crippen LogP contribution is 2.15. The van der Waals surface area contributed by atoms with E-state index in [1.54, 1.807) is 6.33 Å². The third kappa shape index (κ3) is 5.04. The molecular formula is C17H29N5O2. The number of nitrogens with zero attached hydrogens (tertiary/aromatic N) is 4. The fourth-order valence-corrected chi connectivity index (χ4v) is 3.04. The van der Waals surface area contributed by atoms with Crippen LogP contribution in [0.5, 0.6) is 0 Å². The van der Waals surface area contributed by atoms with Crippen LogP contribution in [-0.4, -0.2) is 44.6 Å². The molecule has 7 nitrogen and oxygen atoms in total. The smallest absolute Gasteiger partial charge is 0.223 e. The Morgan fingerprint density at radius 1 is 1.12 bits per heavy atom. The first-order valence-corrected chi connectivity index (χ1v) is 8.95. The predicted molar refractivity (Wildman–Crippen MR) is 91.2 cm³/mol. The van der Waals surface area contributed by atoms with E-state index in [-0.39, 0.29) is 36.7 Å². The van der Waals surface area contributed by atoms with Crippen LogP contribution in [0, 0.1) is 0 Å². The Hall–Kier alpha value is -1.92. The molecule has 0 aliphatic carbocycles. The van der Waals surface area contributed by atoms with Crippen molar-refractivity contribution in [1.82, 2.24) is 25.0 Å². The minimum atomic E-state index is -0.226. The van der Waals surface area contributed by atoms with Crippen LogP contribution in [0.25, 0.3) is 0 Å². The van der Waals surface area contributed by atoms with Crippen molar-refractivity contribution in [2.45, 2.75) is 71.4 Å². The van der Waals surface area contributed by atoms with Gasteiger partial charge >= 0.3 is 0 Å². The molecule has 2 rings (SSSR count). The van der Waals surface area contributed by atoms with Crippen molar-refractivity contribution in [2.75, 3.05) is 13.1 Å². The first-order chi connectivity index (χ1) is 11.5. The molecule has 2 heterocycles. The number of likely N-dealkylation sites (tertiary alicyclic amines) is 1. The second-order valence-corrected chi connectivity index (χ2v) is 6.77. The molecule has 0 aromatic carbocycles.